The van der Waals surface area contributed by atoms with Crippen LogP contribution < -0.4 is 11.1 Å². The number of carbonyl (C=O) groups excluding carboxylic acids is 1. The SMILES string of the molecule is Nc1cccc(C(=O)Nc2cc(Cl)cc(Cl)c2)n1. The highest BCUT2D eigenvalue weighted by Crippen LogP contribution is 2.22. The number of benzene rings is 1. The predicted octanol–water partition coefficient (Wildman–Crippen LogP) is 3.22. The highest BCUT2D eigenvalue weighted by atomic mass is 35.5. The molecule has 0 bridgehead atoms. The molecule has 4 nitrogen and oxygen atoms in total. The Morgan fingerprint density at radius 3 is 2.44 bits per heavy atom. The Morgan fingerprint density at radius 2 is 1.83 bits per heavy atom. The quantitative estimate of drug-likeness (QED) is 0.888. The molecule has 1 amide bonds. The molecule has 0 atom stereocenters. The first-order chi connectivity index (χ1) is 8.54. The lowest BCUT2D eigenvalue weighted by molar-refractivity contribution is 0.102. The molecule has 2 rings (SSSR count). The van der Waals surface area contributed by atoms with Crippen LogP contribution in [-0.4, -0.2) is 10.9 Å². The van der Waals surface area contributed by atoms with Gasteiger partial charge in [0.1, 0.15) is 11.5 Å². The van der Waals surface area contributed by atoms with E-state index in [9.17, 15) is 4.79 Å². The van der Waals surface area contributed by atoms with E-state index in [1.807, 2.05) is 0 Å². The van der Waals surface area contributed by atoms with Crippen LogP contribution in [-0.2, 0) is 0 Å². The monoisotopic (exact) mass is 281 g/mol. The number of nitrogen functional groups attached to an aromatic ring is 1. The van der Waals surface area contributed by atoms with Gasteiger partial charge in [-0.3, -0.25) is 4.79 Å². The molecule has 1 aromatic carbocycles. The molecule has 6 heteroatoms. The number of carbonyl (C=O) groups is 1. The highest BCUT2D eigenvalue weighted by Gasteiger charge is 2.08. The number of hydrogen-bond donors (Lipinski definition) is 2. The summed E-state index contributed by atoms with van der Waals surface area (Å²) in [6.07, 6.45) is 0. The number of nitrogens with two attached hydrogens (primary N) is 1. The van der Waals surface area contributed by atoms with E-state index in [1.165, 1.54) is 0 Å². The smallest absolute Gasteiger partial charge is 0.274 e. The normalized spacial score (nSPS) is 10.1. The van der Waals surface area contributed by atoms with Crippen molar-refractivity contribution < 1.29 is 4.79 Å². The Morgan fingerprint density at radius 1 is 1.17 bits per heavy atom. The van der Waals surface area contributed by atoms with Gasteiger partial charge in [-0.2, -0.15) is 0 Å². The van der Waals surface area contributed by atoms with Gasteiger partial charge in [0.25, 0.3) is 5.91 Å². The fraction of sp³-hybridized carbons (Fsp3) is 0. The molecule has 0 unspecified atom stereocenters. The van der Waals surface area contributed by atoms with Crippen LogP contribution in [0.2, 0.25) is 10.0 Å². The van der Waals surface area contributed by atoms with Gasteiger partial charge < -0.3 is 11.1 Å². The van der Waals surface area contributed by atoms with Gasteiger partial charge in [-0.25, -0.2) is 4.98 Å². The zero-order valence-corrected chi connectivity index (χ0v) is 10.7. The van der Waals surface area contributed by atoms with Gasteiger partial charge in [-0.05, 0) is 30.3 Å². The van der Waals surface area contributed by atoms with E-state index in [4.69, 9.17) is 28.9 Å². The molecule has 0 saturated carbocycles. The second-order valence-corrected chi connectivity index (χ2v) is 4.43. The first-order valence-corrected chi connectivity index (χ1v) is 5.80. The number of nitrogens with zero attached hydrogens (tertiary/aromatic N) is 1. The maximum atomic E-state index is 11.9. The van der Waals surface area contributed by atoms with Crippen molar-refractivity contribution in [3.63, 3.8) is 0 Å². The van der Waals surface area contributed by atoms with Crippen molar-refractivity contribution in [3.8, 4) is 0 Å². The van der Waals surface area contributed by atoms with Crippen molar-refractivity contribution in [3.05, 3.63) is 52.1 Å². The number of anilines is 2. The van der Waals surface area contributed by atoms with Crippen molar-refractivity contribution in [1.82, 2.24) is 4.98 Å². The molecule has 0 aliphatic carbocycles. The standard InChI is InChI=1S/C12H9Cl2N3O/c13-7-4-8(14)6-9(5-7)16-12(18)10-2-1-3-11(15)17-10/h1-6H,(H2,15,17)(H,16,18). The number of pyridine rings is 1. The van der Waals surface area contributed by atoms with Gasteiger partial charge in [0, 0.05) is 15.7 Å². The van der Waals surface area contributed by atoms with Gasteiger partial charge in [0.15, 0.2) is 0 Å². The number of hydrogen-bond acceptors (Lipinski definition) is 3. The van der Waals surface area contributed by atoms with Gasteiger partial charge in [-0.1, -0.05) is 29.3 Å². The van der Waals surface area contributed by atoms with Gasteiger partial charge in [-0.15, -0.1) is 0 Å². The lowest BCUT2D eigenvalue weighted by atomic mass is 10.3. The molecule has 0 saturated heterocycles. The molecule has 0 aliphatic rings. The minimum atomic E-state index is -0.374. The Kier molecular flexibility index (Phi) is 3.69. The molecule has 1 aromatic heterocycles. The fourth-order valence-corrected chi connectivity index (χ4v) is 1.93. The number of rotatable bonds is 2. The minimum Gasteiger partial charge on any atom is -0.384 e. The first-order valence-electron chi connectivity index (χ1n) is 5.04. The molecule has 0 spiro atoms. The number of aromatic nitrogens is 1. The van der Waals surface area contributed by atoms with E-state index < -0.39 is 0 Å². The summed E-state index contributed by atoms with van der Waals surface area (Å²) in [7, 11) is 0. The number of halogens is 2. The van der Waals surface area contributed by atoms with Crippen LogP contribution >= 0.6 is 23.2 Å². The van der Waals surface area contributed by atoms with Crippen LogP contribution in [0, 0.1) is 0 Å². The van der Waals surface area contributed by atoms with E-state index >= 15 is 0 Å². The van der Waals surface area contributed by atoms with E-state index in [1.54, 1.807) is 36.4 Å². The molecule has 3 N–H and O–H groups in total. The summed E-state index contributed by atoms with van der Waals surface area (Å²) >= 11 is 11.7. The topological polar surface area (TPSA) is 68.0 Å². The zero-order chi connectivity index (χ0) is 13.1. The Labute approximate surface area is 114 Å². The van der Waals surface area contributed by atoms with Gasteiger partial charge in [0.05, 0.1) is 0 Å². The molecular formula is C12H9Cl2N3O. The number of nitrogens with one attached hydrogen (secondary N) is 1. The van der Waals surface area contributed by atoms with Crippen LogP contribution in [0.4, 0.5) is 11.5 Å². The molecular weight excluding hydrogens is 273 g/mol. The van der Waals surface area contributed by atoms with Crippen LogP contribution in [0.1, 0.15) is 10.5 Å². The van der Waals surface area contributed by atoms with Crippen molar-refractivity contribution in [1.29, 1.82) is 0 Å². The third-order valence-corrected chi connectivity index (χ3v) is 2.56. The summed E-state index contributed by atoms with van der Waals surface area (Å²) < 4.78 is 0. The molecule has 0 radical (unpaired) electrons. The maximum Gasteiger partial charge on any atom is 0.274 e. The lowest BCUT2D eigenvalue weighted by Crippen LogP contribution is -2.14. The lowest BCUT2D eigenvalue weighted by Gasteiger charge is -2.06. The summed E-state index contributed by atoms with van der Waals surface area (Å²) in [6.45, 7) is 0. The predicted molar refractivity (Wildman–Crippen MR) is 73.1 cm³/mol. The number of amides is 1. The van der Waals surface area contributed by atoms with E-state index in [2.05, 4.69) is 10.3 Å². The van der Waals surface area contributed by atoms with Gasteiger partial charge in [0.2, 0.25) is 0 Å². The van der Waals surface area contributed by atoms with Crippen LogP contribution in [0.15, 0.2) is 36.4 Å². The Bertz CT molecular complexity index is 581. The average Bonchev–Trinajstić information content (AvgIpc) is 2.27. The first kappa shape index (κ1) is 12.7. The fourth-order valence-electron chi connectivity index (χ4n) is 1.40. The van der Waals surface area contributed by atoms with E-state index in [-0.39, 0.29) is 17.4 Å². The van der Waals surface area contributed by atoms with E-state index in [0.717, 1.165) is 0 Å². The zero-order valence-electron chi connectivity index (χ0n) is 9.15. The van der Waals surface area contributed by atoms with Crippen LogP contribution in [0.25, 0.3) is 0 Å². The summed E-state index contributed by atoms with van der Waals surface area (Å²) in [6, 6.07) is 9.60. The molecule has 18 heavy (non-hydrogen) atoms. The molecule has 1 heterocycles. The van der Waals surface area contributed by atoms with Gasteiger partial charge >= 0.3 is 0 Å². The van der Waals surface area contributed by atoms with Crippen molar-refractivity contribution in [2.24, 2.45) is 0 Å². The van der Waals surface area contributed by atoms with Crippen molar-refractivity contribution >= 4 is 40.6 Å². The molecule has 2 aromatic rings. The molecule has 0 fully saturated rings. The van der Waals surface area contributed by atoms with Crippen LogP contribution in [0.3, 0.4) is 0 Å². The Hall–Kier alpha value is -1.78. The van der Waals surface area contributed by atoms with Crippen molar-refractivity contribution in [2.75, 3.05) is 11.1 Å². The summed E-state index contributed by atoms with van der Waals surface area (Å²) in [5.74, 6) is -0.0904. The summed E-state index contributed by atoms with van der Waals surface area (Å²) in [5.41, 5.74) is 6.23. The third kappa shape index (κ3) is 3.12. The second-order valence-electron chi connectivity index (χ2n) is 3.56. The second kappa shape index (κ2) is 5.25. The largest absolute Gasteiger partial charge is 0.384 e. The van der Waals surface area contributed by atoms with E-state index in [0.29, 0.717) is 15.7 Å². The minimum absolute atomic E-state index is 0.228. The Balaban J connectivity index is 2.21. The highest BCUT2D eigenvalue weighted by molar-refractivity contribution is 6.35. The summed E-state index contributed by atoms with van der Waals surface area (Å²) in [5, 5.41) is 3.53. The molecule has 0 aliphatic heterocycles. The average molecular weight is 282 g/mol. The van der Waals surface area contributed by atoms with Crippen molar-refractivity contribution in [2.45, 2.75) is 0 Å². The third-order valence-electron chi connectivity index (χ3n) is 2.12. The van der Waals surface area contributed by atoms with Crippen LogP contribution in [0.5, 0.6) is 0 Å². The molecule has 92 valence electrons. The summed E-state index contributed by atoms with van der Waals surface area (Å²) in [4.78, 5) is 15.8. The maximum absolute atomic E-state index is 11.9.